The van der Waals surface area contributed by atoms with Gasteiger partial charge in [0.1, 0.15) is 18.7 Å². The number of nitrogens with one attached hydrogen (secondary N) is 5. The predicted molar refractivity (Wildman–Crippen MR) is 176 cm³/mol. The lowest BCUT2D eigenvalue weighted by Gasteiger charge is -2.25. The third-order valence-electron chi connectivity index (χ3n) is 6.51. The van der Waals surface area contributed by atoms with Gasteiger partial charge in [0.25, 0.3) is 0 Å². The highest BCUT2D eigenvalue weighted by atomic mass is 16.6. The zero-order valence-electron chi connectivity index (χ0n) is 28.2. The molecule has 0 saturated carbocycles. The molecule has 9 N–H and O–H groups in total. The lowest BCUT2D eigenvalue weighted by molar-refractivity contribution is -0.142. The smallest absolute Gasteiger partial charge is 0.312 e. The van der Waals surface area contributed by atoms with Gasteiger partial charge in [-0.05, 0) is 36.5 Å². The van der Waals surface area contributed by atoms with E-state index in [1.165, 1.54) is 6.92 Å². The van der Waals surface area contributed by atoms with E-state index in [0.717, 1.165) is 5.56 Å². The maximum atomic E-state index is 13.3. The van der Waals surface area contributed by atoms with Crippen LogP contribution in [-0.2, 0) is 49.5 Å². The number of primary amides is 1. The van der Waals surface area contributed by atoms with Crippen molar-refractivity contribution in [2.45, 2.75) is 58.7 Å². The largest absolute Gasteiger partial charge is 0.461 e. The molecular formula is C31H53N7O10. The SMILES string of the molecule is CC(=O)OCc1ccc(NC(=O)C(CCCNC(N)=O)NC(=O)C(NC(=O)CCOCCOCCOCCOCCNN)C(C)C)cc1. The fourth-order valence-corrected chi connectivity index (χ4v) is 3.99. The Morgan fingerprint density at radius 1 is 0.771 bits per heavy atom. The van der Waals surface area contributed by atoms with Gasteiger partial charge >= 0.3 is 12.0 Å². The van der Waals surface area contributed by atoms with Gasteiger partial charge in [-0.3, -0.25) is 30.4 Å². The molecule has 2 unspecified atom stereocenters. The number of benzene rings is 1. The van der Waals surface area contributed by atoms with Gasteiger partial charge in [-0.15, -0.1) is 0 Å². The molecule has 0 fully saturated rings. The molecule has 17 nitrogen and oxygen atoms in total. The number of esters is 1. The van der Waals surface area contributed by atoms with Crippen LogP contribution in [0.15, 0.2) is 24.3 Å². The Hall–Kier alpha value is -3.87. The number of hydrogen-bond donors (Lipinski definition) is 7. The van der Waals surface area contributed by atoms with E-state index in [-0.39, 0.29) is 51.0 Å². The molecule has 0 aliphatic carbocycles. The van der Waals surface area contributed by atoms with Crippen LogP contribution in [0.25, 0.3) is 0 Å². The van der Waals surface area contributed by atoms with Crippen molar-refractivity contribution < 1.29 is 47.7 Å². The van der Waals surface area contributed by atoms with Crippen LogP contribution in [0.3, 0.4) is 0 Å². The van der Waals surface area contributed by atoms with Crippen molar-refractivity contribution in [1.82, 2.24) is 21.4 Å². The van der Waals surface area contributed by atoms with Gasteiger partial charge in [0, 0.05) is 32.1 Å². The molecule has 0 aromatic heterocycles. The molecule has 0 radical (unpaired) electrons. The Morgan fingerprint density at radius 2 is 1.35 bits per heavy atom. The van der Waals surface area contributed by atoms with Crippen molar-refractivity contribution in [2.75, 3.05) is 71.3 Å². The minimum atomic E-state index is -0.980. The fraction of sp³-hybridized carbons (Fsp3) is 0.645. The molecule has 1 aromatic rings. The topological polar surface area (TPSA) is 244 Å². The number of amides is 5. The van der Waals surface area contributed by atoms with E-state index in [1.54, 1.807) is 38.1 Å². The molecule has 1 aromatic carbocycles. The van der Waals surface area contributed by atoms with E-state index in [1.807, 2.05) is 0 Å². The van der Waals surface area contributed by atoms with Crippen LogP contribution in [0.5, 0.6) is 0 Å². The summed E-state index contributed by atoms with van der Waals surface area (Å²) in [5.74, 6) is 3.04. The lowest BCUT2D eigenvalue weighted by atomic mass is 10.0. The fourth-order valence-electron chi connectivity index (χ4n) is 3.99. The van der Waals surface area contributed by atoms with Crippen molar-refractivity contribution >= 4 is 35.4 Å². The highest BCUT2D eigenvalue weighted by molar-refractivity contribution is 5.98. The maximum Gasteiger partial charge on any atom is 0.312 e. The van der Waals surface area contributed by atoms with E-state index in [4.69, 9.17) is 35.3 Å². The minimum Gasteiger partial charge on any atom is -0.461 e. The zero-order valence-corrected chi connectivity index (χ0v) is 28.2. The second kappa shape index (κ2) is 26.1. The molecule has 5 amide bonds. The average Bonchev–Trinajstić information content (AvgIpc) is 3.04. The van der Waals surface area contributed by atoms with Gasteiger partial charge in [0.2, 0.25) is 17.7 Å². The Bertz CT molecular complexity index is 1090. The molecule has 2 atom stereocenters. The monoisotopic (exact) mass is 683 g/mol. The van der Waals surface area contributed by atoms with Gasteiger partial charge in [-0.2, -0.15) is 0 Å². The number of ether oxygens (including phenoxy) is 5. The number of carbonyl (C=O) groups excluding carboxylic acids is 5. The van der Waals surface area contributed by atoms with E-state index >= 15 is 0 Å². The first-order chi connectivity index (χ1) is 23.0. The molecule has 0 aliphatic heterocycles. The number of carbonyl (C=O) groups is 5. The maximum absolute atomic E-state index is 13.3. The van der Waals surface area contributed by atoms with E-state index in [0.29, 0.717) is 58.3 Å². The van der Waals surface area contributed by atoms with Gasteiger partial charge in [-0.25, -0.2) is 4.79 Å². The number of urea groups is 1. The van der Waals surface area contributed by atoms with E-state index in [9.17, 15) is 24.0 Å². The van der Waals surface area contributed by atoms with Crippen LogP contribution < -0.4 is 38.3 Å². The van der Waals surface area contributed by atoms with Gasteiger partial charge in [0.15, 0.2) is 0 Å². The first kappa shape index (κ1) is 42.2. The molecule has 1 rings (SSSR count). The van der Waals surface area contributed by atoms with Crippen molar-refractivity contribution in [3.8, 4) is 0 Å². The minimum absolute atomic E-state index is 0.0233. The number of rotatable bonds is 27. The highest BCUT2D eigenvalue weighted by Crippen LogP contribution is 2.13. The van der Waals surface area contributed by atoms with Crippen LogP contribution >= 0.6 is 0 Å². The zero-order chi connectivity index (χ0) is 35.6. The van der Waals surface area contributed by atoms with Crippen molar-refractivity contribution in [3.05, 3.63) is 29.8 Å². The second-order valence-corrected chi connectivity index (χ2v) is 10.9. The normalized spacial score (nSPS) is 12.2. The summed E-state index contributed by atoms with van der Waals surface area (Å²) in [6.07, 6.45) is 0.554. The Balaban J connectivity index is 2.53. The number of hydrazine groups is 1. The number of hydrogen-bond acceptors (Lipinski definition) is 12. The Kier molecular flexibility index (Phi) is 22.9. The molecule has 272 valence electrons. The molecule has 0 spiro atoms. The summed E-state index contributed by atoms with van der Waals surface area (Å²) in [6.45, 7) is 8.71. The van der Waals surface area contributed by atoms with E-state index < -0.39 is 35.9 Å². The second-order valence-electron chi connectivity index (χ2n) is 10.9. The lowest BCUT2D eigenvalue weighted by Crippen LogP contribution is -2.54. The third-order valence-corrected chi connectivity index (χ3v) is 6.51. The Labute approximate surface area is 281 Å². The van der Waals surface area contributed by atoms with Crippen LogP contribution in [-0.4, -0.2) is 108 Å². The molecule has 17 heteroatoms. The molecular weight excluding hydrogens is 630 g/mol. The average molecular weight is 684 g/mol. The van der Waals surface area contributed by atoms with Crippen molar-refractivity contribution in [2.24, 2.45) is 17.5 Å². The summed E-state index contributed by atoms with van der Waals surface area (Å²) in [5, 5.41) is 10.7. The molecule has 0 saturated heterocycles. The van der Waals surface area contributed by atoms with Crippen molar-refractivity contribution in [1.29, 1.82) is 0 Å². The Morgan fingerprint density at radius 3 is 1.90 bits per heavy atom. The summed E-state index contributed by atoms with van der Waals surface area (Å²) < 4.78 is 26.5. The standard InChI is InChI=1S/C31H53N7O10/c1-22(2)28(38-27(40)10-13-44-15-17-46-19-20-47-18-16-45-14-12-35-33)30(42)37-26(5-4-11-34-31(32)43)29(41)36-25-8-6-24(7-9-25)21-48-23(3)39/h6-9,22,26,28,35H,4-5,10-21,33H2,1-3H3,(H,36,41)(H,37,42)(H,38,40)(H3,32,34,43). The van der Waals surface area contributed by atoms with Gasteiger partial charge in [0.05, 0.1) is 52.9 Å². The van der Waals surface area contributed by atoms with Crippen LogP contribution in [0, 0.1) is 5.92 Å². The molecule has 0 bridgehead atoms. The third kappa shape index (κ3) is 21.1. The van der Waals surface area contributed by atoms with Crippen LogP contribution in [0.2, 0.25) is 0 Å². The number of nitrogens with two attached hydrogens (primary N) is 2. The summed E-state index contributed by atoms with van der Waals surface area (Å²) >= 11 is 0. The van der Waals surface area contributed by atoms with Crippen LogP contribution in [0.1, 0.15) is 45.6 Å². The summed E-state index contributed by atoms with van der Waals surface area (Å²) in [7, 11) is 0. The molecule has 48 heavy (non-hydrogen) atoms. The molecule has 0 heterocycles. The predicted octanol–water partition coefficient (Wildman–Crippen LogP) is -0.318. The summed E-state index contributed by atoms with van der Waals surface area (Å²) in [4.78, 5) is 61.2. The molecule has 0 aliphatic rings. The number of anilines is 1. The summed E-state index contributed by atoms with van der Waals surface area (Å²) in [5.41, 5.74) is 8.82. The highest BCUT2D eigenvalue weighted by Gasteiger charge is 2.28. The van der Waals surface area contributed by atoms with Crippen molar-refractivity contribution in [3.63, 3.8) is 0 Å². The summed E-state index contributed by atoms with van der Waals surface area (Å²) in [6, 6.07) is 4.09. The quantitative estimate of drug-likeness (QED) is 0.0273. The first-order valence-electron chi connectivity index (χ1n) is 15.9. The van der Waals surface area contributed by atoms with Gasteiger partial charge in [-0.1, -0.05) is 26.0 Å². The van der Waals surface area contributed by atoms with E-state index in [2.05, 4.69) is 26.7 Å². The van der Waals surface area contributed by atoms with Gasteiger partial charge < -0.3 is 50.7 Å². The van der Waals surface area contributed by atoms with Crippen LogP contribution in [0.4, 0.5) is 10.5 Å². The first-order valence-corrected chi connectivity index (χ1v) is 15.9.